The Balaban J connectivity index is 2.70. The highest BCUT2D eigenvalue weighted by Crippen LogP contribution is 2.16. The van der Waals surface area contributed by atoms with Crippen LogP contribution < -0.4 is 5.32 Å². The van der Waals surface area contributed by atoms with Gasteiger partial charge in [-0.05, 0) is 19.4 Å². The molecule has 1 rings (SSSR count). The van der Waals surface area contributed by atoms with Gasteiger partial charge in [0.15, 0.2) is 0 Å². The zero-order valence-corrected chi connectivity index (χ0v) is 11.2. The lowest BCUT2D eigenvalue weighted by molar-refractivity contribution is 0.181. The fourth-order valence-corrected chi connectivity index (χ4v) is 3.80. The average molecular weight is 262 g/mol. The van der Waals surface area contributed by atoms with Gasteiger partial charge in [0, 0.05) is 26.7 Å². The van der Waals surface area contributed by atoms with Crippen molar-refractivity contribution in [2.75, 3.05) is 39.9 Å². The number of ether oxygens (including phenoxy) is 1. The summed E-state index contributed by atoms with van der Waals surface area (Å²) in [5.41, 5.74) is 0. The summed E-state index contributed by atoms with van der Waals surface area (Å²) in [6, 6.07) is 0. The van der Waals surface area contributed by atoms with Gasteiger partial charge in [-0.15, -0.1) is 6.58 Å². The number of hydrogen-bond acceptors (Lipinski definition) is 4. The number of rotatable bonds is 7. The first-order valence-electron chi connectivity index (χ1n) is 5.92. The molecule has 6 heteroatoms. The highest BCUT2D eigenvalue weighted by atomic mass is 32.2. The summed E-state index contributed by atoms with van der Waals surface area (Å²) >= 11 is 0. The van der Waals surface area contributed by atoms with Crippen molar-refractivity contribution in [3.05, 3.63) is 12.7 Å². The molecule has 1 atom stereocenters. The summed E-state index contributed by atoms with van der Waals surface area (Å²) < 4.78 is 31.1. The van der Waals surface area contributed by atoms with Crippen molar-refractivity contribution in [1.82, 2.24) is 9.62 Å². The van der Waals surface area contributed by atoms with Crippen LogP contribution in [0, 0.1) is 0 Å². The van der Waals surface area contributed by atoms with Crippen LogP contribution in [0.5, 0.6) is 0 Å². The third-order valence-electron chi connectivity index (χ3n) is 2.91. The molecule has 1 fully saturated rings. The lowest BCUT2D eigenvalue weighted by Gasteiger charge is -2.29. The zero-order chi connectivity index (χ0) is 12.7. The van der Waals surface area contributed by atoms with E-state index in [9.17, 15) is 8.42 Å². The fraction of sp³-hybridized carbons (Fsp3) is 0.818. The first-order chi connectivity index (χ1) is 8.12. The van der Waals surface area contributed by atoms with Gasteiger partial charge < -0.3 is 10.1 Å². The van der Waals surface area contributed by atoms with Gasteiger partial charge in [-0.2, -0.15) is 4.31 Å². The number of nitrogens with one attached hydrogen (secondary N) is 1. The Morgan fingerprint density at radius 2 is 2.35 bits per heavy atom. The van der Waals surface area contributed by atoms with E-state index < -0.39 is 10.0 Å². The Bertz CT molecular complexity index is 324. The molecule has 0 aromatic heterocycles. The molecule has 1 unspecified atom stereocenters. The van der Waals surface area contributed by atoms with E-state index in [-0.39, 0.29) is 5.25 Å². The maximum Gasteiger partial charge on any atom is 0.218 e. The van der Waals surface area contributed by atoms with Crippen LogP contribution in [-0.4, -0.2) is 57.9 Å². The summed E-state index contributed by atoms with van der Waals surface area (Å²) in [5.74, 6) is 0. The summed E-state index contributed by atoms with van der Waals surface area (Å²) in [7, 11) is -1.67. The topological polar surface area (TPSA) is 58.6 Å². The van der Waals surface area contributed by atoms with Gasteiger partial charge in [0.05, 0.1) is 11.9 Å². The van der Waals surface area contributed by atoms with Crippen LogP contribution in [0.25, 0.3) is 0 Å². The Kier molecular flexibility index (Phi) is 6.11. The van der Waals surface area contributed by atoms with Crippen molar-refractivity contribution in [2.24, 2.45) is 0 Å². The molecule has 1 aliphatic heterocycles. The Labute approximate surface area is 104 Å². The quantitative estimate of drug-likeness (QED) is 0.666. The van der Waals surface area contributed by atoms with E-state index >= 15 is 0 Å². The Hall–Kier alpha value is -0.430. The molecule has 0 bridgehead atoms. The molecule has 100 valence electrons. The molecular weight excluding hydrogens is 240 g/mol. The summed E-state index contributed by atoms with van der Waals surface area (Å²) in [6.07, 6.45) is 3.26. The van der Waals surface area contributed by atoms with Crippen molar-refractivity contribution in [3.63, 3.8) is 0 Å². The minimum atomic E-state index is -3.24. The number of piperidine rings is 1. The van der Waals surface area contributed by atoms with E-state index in [2.05, 4.69) is 11.9 Å². The van der Waals surface area contributed by atoms with Crippen molar-refractivity contribution in [3.8, 4) is 0 Å². The van der Waals surface area contributed by atoms with Crippen LogP contribution in [0.4, 0.5) is 0 Å². The fourth-order valence-electron chi connectivity index (χ4n) is 1.94. The van der Waals surface area contributed by atoms with Crippen molar-refractivity contribution >= 4 is 10.0 Å². The molecule has 0 aromatic carbocycles. The van der Waals surface area contributed by atoms with E-state index in [1.54, 1.807) is 13.2 Å². The number of sulfonamides is 1. The average Bonchev–Trinajstić information content (AvgIpc) is 2.35. The van der Waals surface area contributed by atoms with Gasteiger partial charge in [-0.3, -0.25) is 0 Å². The molecule has 0 aliphatic carbocycles. The van der Waals surface area contributed by atoms with Crippen LogP contribution in [0.3, 0.4) is 0 Å². The molecular formula is C11H22N2O3S. The summed E-state index contributed by atoms with van der Waals surface area (Å²) in [6.45, 7) is 6.21. The highest BCUT2D eigenvalue weighted by molar-refractivity contribution is 7.89. The van der Waals surface area contributed by atoms with Gasteiger partial charge >= 0.3 is 0 Å². The van der Waals surface area contributed by atoms with Gasteiger partial charge in [0.1, 0.15) is 0 Å². The third kappa shape index (κ3) is 4.06. The van der Waals surface area contributed by atoms with Crippen molar-refractivity contribution in [1.29, 1.82) is 0 Å². The molecule has 5 nitrogen and oxygen atoms in total. The van der Waals surface area contributed by atoms with Crippen molar-refractivity contribution in [2.45, 2.75) is 18.1 Å². The van der Waals surface area contributed by atoms with Crippen LogP contribution >= 0.6 is 0 Å². The van der Waals surface area contributed by atoms with E-state index in [4.69, 9.17) is 4.74 Å². The molecule has 17 heavy (non-hydrogen) atoms. The molecule has 0 amide bonds. The SMILES string of the molecule is C=CCN(CCOC)S(=O)(=O)C1CCCNC1. The second-order valence-corrected chi connectivity index (χ2v) is 6.37. The lowest BCUT2D eigenvalue weighted by Crippen LogP contribution is -2.47. The first-order valence-corrected chi connectivity index (χ1v) is 7.42. The van der Waals surface area contributed by atoms with Gasteiger partial charge in [0.25, 0.3) is 0 Å². The molecule has 1 heterocycles. The molecule has 1 saturated heterocycles. The monoisotopic (exact) mass is 262 g/mol. The van der Waals surface area contributed by atoms with Crippen molar-refractivity contribution < 1.29 is 13.2 Å². The van der Waals surface area contributed by atoms with Gasteiger partial charge in [-0.1, -0.05) is 6.08 Å². The molecule has 0 saturated carbocycles. The summed E-state index contributed by atoms with van der Waals surface area (Å²) in [4.78, 5) is 0. The maximum absolute atomic E-state index is 12.4. The van der Waals surface area contributed by atoms with Gasteiger partial charge in [-0.25, -0.2) is 8.42 Å². The normalized spacial score (nSPS) is 21.6. The Morgan fingerprint density at radius 3 is 2.88 bits per heavy atom. The van der Waals surface area contributed by atoms with Crippen LogP contribution in [0.1, 0.15) is 12.8 Å². The molecule has 1 N–H and O–H groups in total. The van der Waals surface area contributed by atoms with Crippen LogP contribution in [0.15, 0.2) is 12.7 Å². The number of hydrogen-bond donors (Lipinski definition) is 1. The minimum absolute atomic E-state index is 0.312. The third-order valence-corrected chi connectivity index (χ3v) is 5.21. The largest absolute Gasteiger partial charge is 0.383 e. The second kappa shape index (κ2) is 7.10. The van der Waals surface area contributed by atoms with E-state index in [1.165, 1.54) is 4.31 Å². The second-order valence-electron chi connectivity index (χ2n) is 4.15. The molecule has 0 aromatic rings. The predicted octanol–water partition coefficient (Wildman–Crippen LogP) is 0.203. The van der Waals surface area contributed by atoms with E-state index in [0.29, 0.717) is 26.2 Å². The highest BCUT2D eigenvalue weighted by Gasteiger charge is 2.32. The molecule has 1 aliphatic rings. The lowest BCUT2D eigenvalue weighted by atomic mass is 10.2. The zero-order valence-electron chi connectivity index (χ0n) is 10.4. The number of methoxy groups -OCH3 is 1. The van der Waals surface area contributed by atoms with E-state index in [1.807, 2.05) is 0 Å². The first kappa shape index (κ1) is 14.6. The van der Waals surface area contributed by atoms with Crippen LogP contribution in [-0.2, 0) is 14.8 Å². The summed E-state index contributed by atoms with van der Waals surface area (Å²) in [5, 5.41) is 2.82. The maximum atomic E-state index is 12.4. The van der Waals surface area contributed by atoms with Crippen LogP contribution in [0.2, 0.25) is 0 Å². The van der Waals surface area contributed by atoms with E-state index in [0.717, 1.165) is 19.4 Å². The Morgan fingerprint density at radius 1 is 1.59 bits per heavy atom. The predicted molar refractivity (Wildman–Crippen MR) is 68.5 cm³/mol. The smallest absolute Gasteiger partial charge is 0.218 e. The standard InChI is InChI=1S/C11H22N2O3S/c1-3-7-13(8-9-16-2)17(14,15)11-5-4-6-12-10-11/h3,11-12H,1,4-10H2,2H3. The molecule has 0 radical (unpaired) electrons. The van der Waals surface area contributed by atoms with Gasteiger partial charge in [0.2, 0.25) is 10.0 Å². The number of nitrogens with zero attached hydrogens (tertiary/aromatic N) is 1. The minimum Gasteiger partial charge on any atom is -0.383 e. The molecule has 0 spiro atoms.